The molecule has 0 aromatic heterocycles. The summed E-state index contributed by atoms with van der Waals surface area (Å²) in [6.45, 7) is 8.07. The van der Waals surface area contributed by atoms with Crippen molar-refractivity contribution in [2.24, 2.45) is 0 Å². The first kappa shape index (κ1) is 27.5. The number of benzene rings is 2. The summed E-state index contributed by atoms with van der Waals surface area (Å²) < 4.78 is 78.6. The summed E-state index contributed by atoms with van der Waals surface area (Å²) in [6.07, 6.45) is -8.38. The Morgan fingerprint density at radius 2 is 1.39 bits per heavy atom. The van der Waals surface area contributed by atoms with Crippen LogP contribution in [0.2, 0.25) is 0 Å². The monoisotopic (exact) mass is 514 g/mol. The molecule has 1 saturated heterocycles. The van der Waals surface area contributed by atoms with E-state index in [-0.39, 0.29) is 6.42 Å². The highest BCUT2D eigenvalue weighted by Crippen LogP contribution is 2.32. The second-order valence-electron chi connectivity index (χ2n) is 7.30. The van der Waals surface area contributed by atoms with E-state index in [9.17, 15) is 26.3 Å². The van der Waals surface area contributed by atoms with Crippen LogP contribution in [-0.4, -0.2) is 23.9 Å². The lowest BCUT2D eigenvalue weighted by Crippen LogP contribution is -2.09. The largest absolute Gasteiger partial charge is 0.416 e. The molecule has 2 nitrogen and oxygen atoms in total. The van der Waals surface area contributed by atoms with Gasteiger partial charge in [-0.05, 0) is 75.1 Å². The Morgan fingerprint density at radius 3 is 1.74 bits per heavy atom. The van der Waals surface area contributed by atoms with Crippen LogP contribution in [0, 0.1) is 13.8 Å². The first-order chi connectivity index (χ1) is 14.1. The topological polar surface area (TPSA) is 32.8 Å². The minimum absolute atomic E-state index is 0.246. The van der Waals surface area contributed by atoms with Crippen LogP contribution >= 0.6 is 15.9 Å². The fourth-order valence-corrected chi connectivity index (χ4v) is 2.63. The van der Waals surface area contributed by atoms with Crippen molar-refractivity contribution < 1.29 is 36.2 Å². The lowest BCUT2D eigenvalue weighted by atomic mass is 10.00. The van der Waals surface area contributed by atoms with Crippen molar-refractivity contribution in [3.05, 3.63) is 68.7 Å². The number of aliphatic hydroxyl groups excluding tert-OH is 1. The van der Waals surface area contributed by atoms with Crippen LogP contribution in [0.3, 0.4) is 0 Å². The van der Waals surface area contributed by atoms with Crippen LogP contribution in [0.25, 0.3) is 0 Å². The molecule has 174 valence electrons. The molecule has 1 heterocycles. The standard InChI is InChI=1S/C11H13F3O.C8H6BrF3.C3H6O/c1-7-3-4-10(11(12,13)14)6-9(7)5-8(2)15;1-5-2-3-6(4-7(5)9)8(10,11)12;1-3-2-4-3/h3-4,6,8,15H,5H2,1-2H3;2-4H,1H3;3H,2H2,1H3/t8-;;3-/m1.1/s1. The van der Waals surface area contributed by atoms with E-state index in [1.165, 1.54) is 12.1 Å². The van der Waals surface area contributed by atoms with Gasteiger partial charge < -0.3 is 9.84 Å². The van der Waals surface area contributed by atoms with Crippen LogP contribution in [0.1, 0.15) is 41.7 Å². The van der Waals surface area contributed by atoms with Crippen molar-refractivity contribution in [1.29, 1.82) is 0 Å². The van der Waals surface area contributed by atoms with E-state index in [0.717, 1.165) is 42.0 Å². The van der Waals surface area contributed by atoms with Crippen molar-refractivity contribution in [2.75, 3.05) is 6.61 Å². The lowest BCUT2D eigenvalue weighted by Gasteiger charge is -2.12. The molecule has 0 amide bonds. The number of aliphatic hydroxyl groups is 1. The number of hydrogen-bond donors (Lipinski definition) is 1. The Hall–Kier alpha value is -1.58. The average Bonchev–Trinajstić information content (AvgIpc) is 3.40. The molecule has 0 radical (unpaired) electrons. The van der Waals surface area contributed by atoms with Gasteiger partial charge in [0, 0.05) is 4.47 Å². The fourth-order valence-electron chi connectivity index (χ4n) is 2.25. The Bertz CT molecular complexity index is 843. The van der Waals surface area contributed by atoms with Crippen molar-refractivity contribution >= 4 is 15.9 Å². The normalized spacial score (nSPS) is 16.5. The van der Waals surface area contributed by atoms with Crippen molar-refractivity contribution in [2.45, 2.75) is 58.7 Å². The molecule has 2 aromatic carbocycles. The third kappa shape index (κ3) is 10.5. The van der Waals surface area contributed by atoms with Crippen LogP contribution in [0.4, 0.5) is 26.3 Å². The van der Waals surface area contributed by atoms with Gasteiger partial charge in [0.25, 0.3) is 0 Å². The molecular formula is C22H25BrF6O2. The number of aryl methyl sites for hydroxylation is 2. The Kier molecular flexibility index (Phi) is 10.0. The molecule has 2 atom stereocenters. The summed E-state index contributed by atoms with van der Waals surface area (Å²) in [5.41, 5.74) is 0.815. The van der Waals surface area contributed by atoms with Gasteiger partial charge in [0.15, 0.2) is 0 Å². The molecule has 1 aliphatic rings. The SMILES string of the molecule is C[C@@H]1CO1.Cc1ccc(C(F)(F)F)cc1Br.Cc1ccc(C(F)(F)F)cc1C[C@@H](C)O. The third-order valence-corrected chi connectivity index (χ3v) is 5.05. The van der Waals surface area contributed by atoms with E-state index in [1.807, 2.05) is 0 Å². The molecule has 0 unspecified atom stereocenters. The summed E-state index contributed by atoms with van der Waals surface area (Å²) in [5, 5.41) is 9.14. The number of hydrogen-bond acceptors (Lipinski definition) is 2. The average molecular weight is 515 g/mol. The van der Waals surface area contributed by atoms with Gasteiger partial charge in [0.2, 0.25) is 0 Å². The second kappa shape index (κ2) is 11.3. The van der Waals surface area contributed by atoms with Gasteiger partial charge >= 0.3 is 12.4 Å². The van der Waals surface area contributed by atoms with Gasteiger partial charge in [0.1, 0.15) is 0 Å². The summed E-state index contributed by atoms with van der Waals surface area (Å²) >= 11 is 3.04. The molecule has 3 rings (SSSR count). The quantitative estimate of drug-likeness (QED) is 0.341. The van der Waals surface area contributed by atoms with E-state index >= 15 is 0 Å². The number of alkyl halides is 6. The maximum absolute atomic E-state index is 12.4. The zero-order chi connectivity index (χ0) is 24.0. The predicted molar refractivity (Wildman–Crippen MR) is 111 cm³/mol. The van der Waals surface area contributed by atoms with E-state index < -0.39 is 29.6 Å². The molecule has 1 aliphatic heterocycles. The molecule has 31 heavy (non-hydrogen) atoms. The number of rotatable bonds is 2. The minimum Gasteiger partial charge on any atom is -0.393 e. The first-order valence-corrected chi connectivity index (χ1v) is 10.2. The zero-order valence-corrected chi connectivity index (χ0v) is 19.1. The van der Waals surface area contributed by atoms with Gasteiger partial charge in [-0.3, -0.25) is 0 Å². The van der Waals surface area contributed by atoms with E-state index in [0.29, 0.717) is 16.1 Å². The van der Waals surface area contributed by atoms with Crippen LogP contribution in [0.15, 0.2) is 40.9 Å². The molecular weight excluding hydrogens is 490 g/mol. The molecule has 1 fully saturated rings. The number of halogens is 7. The Labute approximate surface area is 186 Å². The van der Waals surface area contributed by atoms with E-state index in [1.54, 1.807) is 20.8 Å². The van der Waals surface area contributed by atoms with Gasteiger partial charge in [-0.2, -0.15) is 26.3 Å². The highest BCUT2D eigenvalue weighted by Gasteiger charge is 2.31. The van der Waals surface area contributed by atoms with Crippen LogP contribution in [-0.2, 0) is 23.5 Å². The van der Waals surface area contributed by atoms with Crippen molar-refractivity contribution in [1.82, 2.24) is 0 Å². The van der Waals surface area contributed by atoms with Crippen molar-refractivity contribution in [3.63, 3.8) is 0 Å². The summed E-state index contributed by atoms with van der Waals surface area (Å²) in [5.74, 6) is 0. The molecule has 0 aliphatic carbocycles. The summed E-state index contributed by atoms with van der Waals surface area (Å²) in [4.78, 5) is 0. The van der Waals surface area contributed by atoms with Gasteiger partial charge in [-0.25, -0.2) is 0 Å². The maximum atomic E-state index is 12.4. The molecule has 0 spiro atoms. The molecule has 9 heteroatoms. The smallest absolute Gasteiger partial charge is 0.393 e. The predicted octanol–water partition coefficient (Wildman–Crippen LogP) is 7.12. The van der Waals surface area contributed by atoms with Crippen LogP contribution in [0.5, 0.6) is 0 Å². The van der Waals surface area contributed by atoms with E-state index in [2.05, 4.69) is 22.9 Å². The van der Waals surface area contributed by atoms with Gasteiger partial charge in [0.05, 0.1) is 29.9 Å². The zero-order valence-electron chi connectivity index (χ0n) is 17.5. The highest BCUT2D eigenvalue weighted by molar-refractivity contribution is 9.10. The molecule has 0 saturated carbocycles. The molecule has 2 aromatic rings. The van der Waals surface area contributed by atoms with Crippen LogP contribution < -0.4 is 0 Å². The van der Waals surface area contributed by atoms with Gasteiger partial charge in [-0.15, -0.1) is 0 Å². The summed E-state index contributed by atoms with van der Waals surface area (Å²) in [6, 6.07) is 7.17. The molecule has 1 N–H and O–H groups in total. The maximum Gasteiger partial charge on any atom is 0.416 e. The second-order valence-corrected chi connectivity index (χ2v) is 8.15. The first-order valence-electron chi connectivity index (χ1n) is 9.41. The summed E-state index contributed by atoms with van der Waals surface area (Å²) in [7, 11) is 0. The number of epoxide rings is 1. The fraction of sp³-hybridized carbons (Fsp3) is 0.455. The highest BCUT2D eigenvalue weighted by atomic mass is 79.9. The van der Waals surface area contributed by atoms with Gasteiger partial charge in [-0.1, -0.05) is 28.1 Å². The Morgan fingerprint density at radius 1 is 0.968 bits per heavy atom. The van der Waals surface area contributed by atoms with E-state index in [4.69, 9.17) is 9.84 Å². The lowest BCUT2D eigenvalue weighted by molar-refractivity contribution is -0.138. The minimum atomic E-state index is -4.32. The van der Waals surface area contributed by atoms with Crippen molar-refractivity contribution in [3.8, 4) is 0 Å². The molecule has 0 bridgehead atoms. The third-order valence-electron chi connectivity index (χ3n) is 4.19. The number of ether oxygens (including phenoxy) is 1. The Balaban J connectivity index is 0.000000266.